The van der Waals surface area contributed by atoms with Gasteiger partial charge in [-0.2, -0.15) is 8.78 Å². The molecule has 3 rings (SSSR count). The van der Waals surface area contributed by atoms with Crippen LogP contribution in [0.15, 0.2) is 59.9 Å². The van der Waals surface area contributed by atoms with Gasteiger partial charge in [-0.15, -0.1) is 0 Å². The highest BCUT2D eigenvalue weighted by molar-refractivity contribution is 7.98. The molecule has 0 amide bonds. The lowest BCUT2D eigenvalue weighted by molar-refractivity contribution is -0.0512. The zero-order chi connectivity index (χ0) is 18.5. The molecule has 3 aromatic rings. The van der Waals surface area contributed by atoms with Crippen LogP contribution in [0.5, 0.6) is 11.5 Å². The zero-order valence-electron chi connectivity index (χ0n) is 14.4. The van der Waals surface area contributed by atoms with Gasteiger partial charge in [0, 0.05) is 12.8 Å². The van der Waals surface area contributed by atoms with Crippen molar-refractivity contribution in [1.82, 2.24) is 9.55 Å². The Labute approximate surface area is 154 Å². The summed E-state index contributed by atoms with van der Waals surface area (Å²) in [6.07, 6.45) is 1.85. The molecular weight excluding hydrogens is 358 g/mol. The summed E-state index contributed by atoms with van der Waals surface area (Å²) < 4.78 is 36.4. The van der Waals surface area contributed by atoms with Crippen LogP contribution in [0.1, 0.15) is 5.56 Å². The molecule has 2 aromatic carbocycles. The van der Waals surface area contributed by atoms with Gasteiger partial charge in [0.05, 0.1) is 19.0 Å². The van der Waals surface area contributed by atoms with Crippen molar-refractivity contribution in [2.45, 2.75) is 17.5 Å². The Hall–Kier alpha value is -2.54. The first-order chi connectivity index (χ1) is 12.6. The first-order valence-corrected chi connectivity index (χ1v) is 8.88. The van der Waals surface area contributed by atoms with Crippen molar-refractivity contribution < 1.29 is 18.3 Å². The second-order valence-electron chi connectivity index (χ2n) is 5.50. The third-order valence-corrected chi connectivity index (χ3v) is 4.94. The van der Waals surface area contributed by atoms with Gasteiger partial charge in [-0.25, -0.2) is 4.98 Å². The molecule has 0 radical (unpaired) electrons. The molecule has 136 valence electrons. The van der Waals surface area contributed by atoms with Gasteiger partial charge in [-0.05, 0) is 23.3 Å². The predicted molar refractivity (Wildman–Crippen MR) is 97.8 cm³/mol. The number of rotatable bonds is 7. The summed E-state index contributed by atoms with van der Waals surface area (Å²) in [5.41, 5.74) is 3.06. The van der Waals surface area contributed by atoms with Crippen molar-refractivity contribution in [3.63, 3.8) is 0 Å². The molecule has 0 aliphatic carbocycles. The highest BCUT2D eigenvalue weighted by Crippen LogP contribution is 2.32. The van der Waals surface area contributed by atoms with E-state index in [1.165, 1.54) is 13.2 Å². The van der Waals surface area contributed by atoms with Crippen LogP contribution < -0.4 is 9.47 Å². The third-order valence-electron chi connectivity index (χ3n) is 3.83. The normalized spacial score (nSPS) is 11.0. The van der Waals surface area contributed by atoms with Crippen molar-refractivity contribution in [2.24, 2.45) is 7.05 Å². The van der Waals surface area contributed by atoms with Crippen LogP contribution in [0.4, 0.5) is 8.78 Å². The number of imidazole rings is 1. The monoisotopic (exact) mass is 376 g/mol. The molecule has 0 saturated carbocycles. The second-order valence-corrected chi connectivity index (χ2v) is 6.45. The van der Waals surface area contributed by atoms with Crippen LogP contribution in [-0.2, 0) is 12.8 Å². The lowest BCUT2D eigenvalue weighted by Crippen LogP contribution is -2.03. The molecule has 0 N–H and O–H groups in total. The molecule has 4 nitrogen and oxygen atoms in total. The molecule has 1 aromatic heterocycles. The molecule has 0 fully saturated rings. The largest absolute Gasteiger partial charge is 0.493 e. The number of ether oxygens (including phenoxy) is 2. The van der Waals surface area contributed by atoms with Gasteiger partial charge in [-0.1, -0.05) is 48.2 Å². The minimum Gasteiger partial charge on any atom is -0.493 e. The molecule has 0 atom stereocenters. The zero-order valence-corrected chi connectivity index (χ0v) is 15.2. The van der Waals surface area contributed by atoms with Crippen LogP contribution in [0.25, 0.3) is 11.3 Å². The maximum atomic E-state index is 12.4. The highest BCUT2D eigenvalue weighted by atomic mass is 32.2. The number of aromatic nitrogens is 2. The van der Waals surface area contributed by atoms with Gasteiger partial charge in [0.15, 0.2) is 16.7 Å². The SMILES string of the molecule is COc1cc(CSc2ncc(-c3ccccc3)n2C)ccc1OC(F)F. The van der Waals surface area contributed by atoms with E-state index in [-0.39, 0.29) is 11.5 Å². The van der Waals surface area contributed by atoms with E-state index in [1.807, 2.05) is 48.1 Å². The van der Waals surface area contributed by atoms with Crippen molar-refractivity contribution in [3.05, 3.63) is 60.3 Å². The van der Waals surface area contributed by atoms with Crippen molar-refractivity contribution in [1.29, 1.82) is 0 Å². The summed E-state index contributed by atoms with van der Waals surface area (Å²) in [7, 11) is 3.40. The molecule has 1 heterocycles. The summed E-state index contributed by atoms with van der Waals surface area (Å²) in [5, 5.41) is 0.871. The van der Waals surface area contributed by atoms with E-state index in [1.54, 1.807) is 23.9 Å². The van der Waals surface area contributed by atoms with Crippen molar-refractivity contribution in [3.8, 4) is 22.8 Å². The van der Waals surface area contributed by atoms with Gasteiger partial charge in [-0.3, -0.25) is 0 Å². The fourth-order valence-electron chi connectivity index (χ4n) is 2.55. The number of alkyl halides is 2. The van der Waals surface area contributed by atoms with E-state index < -0.39 is 6.61 Å². The average Bonchev–Trinajstić information content (AvgIpc) is 3.01. The number of hydrogen-bond donors (Lipinski definition) is 0. The van der Waals surface area contributed by atoms with Crippen LogP contribution >= 0.6 is 11.8 Å². The summed E-state index contributed by atoms with van der Waals surface area (Å²) in [6, 6.07) is 15.0. The quantitative estimate of drug-likeness (QED) is 0.545. The molecule has 0 spiro atoms. The van der Waals surface area contributed by atoms with Crippen molar-refractivity contribution in [2.75, 3.05) is 7.11 Å². The summed E-state index contributed by atoms with van der Waals surface area (Å²) >= 11 is 1.56. The van der Waals surface area contributed by atoms with Crippen LogP contribution in [0.3, 0.4) is 0 Å². The second kappa shape index (κ2) is 8.23. The van der Waals surface area contributed by atoms with E-state index in [2.05, 4.69) is 9.72 Å². The molecule has 26 heavy (non-hydrogen) atoms. The van der Waals surface area contributed by atoms with E-state index in [0.29, 0.717) is 5.75 Å². The van der Waals surface area contributed by atoms with Gasteiger partial charge in [0.25, 0.3) is 0 Å². The lowest BCUT2D eigenvalue weighted by atomic mass is 10.2. The molecule has 0 aliphatic heterocycles. The number of benzene rings is 2. The number of hydrogen-bond acceptors (Lipinski definition) is 4. The maximum absolute atomic E-state index is 12.4. The smallest absolute Gasteiger partial charge is 0.387 e. The van der Waals surface area contributed by atoms with E-state index in [4.69, 9.17) is 4.74 Å². The Kier molecular flexibility index (Phi) is 5.78. The van der Waals surface area contributed by atoms with E-state index in [0.717, 1.165) is 22.0 Å². The maximum Gasteiger partial charge on any atom is 0.387 e. The summed E-state index contributed by atoms with van der Waals surface area (Å²) in [6.45, 7) is -2.88. The number of halogens is 2. The minimum absolute atomic E-state index is 0.0274. The predicted octanol–water partition coefficient (Wildman–Crippen LogP) is 4.99. The summed E-state index contributed by atoms with van der Waals surface area (Å²) in [4.78, 5) is 4.48. The first-order valence-electron chi connectivity index (χ1n) is 7.90. The van der Waals surface area contributed by atoms with E-state index in [9.17, 15) is 8.78 Å². The Morgan fingerprint density at radius 1 is 1.12 bits per heavy atom. The fraction of sp³-hybridized carbons (Fsp3) is 0.211. The standard InChI is InChI=1S/C19H18F2N2O2S/c1-23-15(14-6-4-3-5-7-14)11-22-19(23)26-12-13-8-9-16(25-18(20)21)17(10-13)24-2/h3-11,18H,12H2,1-2H3. The van der Waals surface area contributed by atoms with Crippen LogP contribution in [0.2, 0.25) is 0 Å². The van der Waals surface area contributed by atoms with Gasteiger partial charge in [0.1, 0.15) is 0 Å². The molecule has 0 aliphatic rings. The Bertz CT molecular complexity index is 869. The Morgan fingerprint density at radius 2 is 1.88 bits per heavy atom. The molecule has 0 saturated heterocycles. The molecule has 0 bridgehead atoms. The number of nitrogens with zero attached hydrogens (tertiary/aromatic N) is 2. The summed E-state index contributed by atoms with van der Waals surface area (Å²) in [5.74, 6) is 0.942. The highest BCUT2D eigenvalue weighted by Gasteiger charge is 2.13. The molecule has 7 heteroatoms. The fourth-order valence-corrected chi connectivity index (χ4v) is 3.44. The van der Waals surface area contributed by atoms with Crippen molar-refractivity contribution >= 4 is 11.8 Å². The lowest BCUT2D eigenvalue weighted by Gasteiger charge is -2.11. The molecule has 0 unspecified atom stereocenters. The minimum atomic E-state index is -2.88. The van der Waals surface area contributed by atoms with Gasteiger partial charge in [0.2, 0.25) is 0 Å². The average molecular weight is 376 g/mol. The Morgan fingerprint density at radius 3 is 2.58 bits per heavy atom. The number of thioether (sulfide) groups is 1. The Balaban J connectivity index is 1.72. The van der Waals surface area contributed by atoms with E-state index >= 15 is 0 Å². The first kappa shape index (κ1) is 18.3. The van der Waals surface area contributed by atoms with Gasteiger partial charge >= 0.3 is 6.61 Å². The topological polar surface area (TPSA) is 36.3 Å². The number of methoxy groups -OCH3 is 1. The van der Waals surface area contributed by atoms with Gasteiger partial charge < -0.3 is 14.0 Å². The third kappa shape index (κ3) is 4.16. The molecular formula is C19H18F2N2O2S. The van der Waals surface area contributed by atoms with Crippen LogP contribution in [-0.4, -0.2) is 23.3 Å². The van der Waals surface area contributed by atoms with Crippen LogP contribution in [0, 0.1) is 0 Å².